The first-order valence-electron chi connectivity index (χ1n) is 10.6. The van der Waals surface area contributed by atoms with Crippen LogP contribution in [-0.2, 0) is 0 Å². The van der Waals surface area contributed by atoms with Crippen LogP contribution in [0.15, 0.2) is 30.5 Å². The van der Waals surface area contributed by atoms with Gasteiger partial charge in [0.1, 0.15) is 5.82 Å². The second kappa shape index (κ2) is 8.68. The fourth-order valence-corrected chi connectivity index (χ4v) is 4.08. The van der Waals surface area contributed by atoms with E-state index in [1.165, 1.54) is 0 Å². The number of imidazole rings is 1. The maximum Gasteiger partial charge on any atom is 0.390 e. The number of aryl methyl sites for hydroxylation is 1. The number of amides is 1. The number of aromatic nitrogens is 3. The monoisotopic (exact) mass is 446 g/mol. The summed E-state index contributed by atoms with van der Waals surface area (Å²) in [5.74, 6) is 0.0631. The number of alkyl halides is 3. The Bertz CT molecular complexity index is 1130. The Balaban J connectivity index is 1.73. The lowest BCUT2D eigenvalue weighted by Crippen LogP contribution is -2.18. The van der Waals surface area contributed by atoms with Crippen molar-refractivity contribution in [3.05, 3.63) is 41.6 Å². The van der Waals surface area contributed by atoms with Crippen molar-refractivity contribution in [1.82, 2.24) is 14.6 Å². The van der Waals surface area contributed by atoms with Crippen LogP contribution in [0.25, 0.3) is 16.9 Å². The molecule has 0 aliphatic heterocycles. The Morgan fingerprint density at radius 1 is 1.25 bits per heavy atom. The summed E-state index contributed by atoms with van der Waals surface area (Å²) < 4.78 is 39.6. The largest absolute Gasteiger partial charge is 0.390 e. The smallest absolute Gasteiger partial charge is 0.382 e. The number of benzene rings is 1. The Labute approximate surface area is 183 Å². The third-order valence-corrected chi connectivity index (χ3v) is 5.69. The predicted octanol–water partition coefficient (Wildman–Crippen LogP) is 4.52. The molecule has 1 aliphatic carbocycles. The molecule has 3 aromatic rings. The van der Waals surface area contributed by atoms with E-state index >= 15 is 0 Å². The first kappa shape index (κ1) is 21.9. The van der Waals surface area contributed by atoms with Crippen LogP contribution in [-0.4, -0.2) is 39.3 Å². The molecular weight excluding hydrogens is 421 g/mol. The van der Waals surface area contributed by atoms with E-state index in [2.05, 4.69) is 20.7 Å². The number of rotatable bonds is 7. The van der Waals surface area contributed by atoms with Crippen LogP contribution in [0.4, 0.5) is 24.7 Å². The molecule has 2 heterocycles. The second-order valence-corrected chi connectivity index (χ2v) is 8.13. The van der Waals surface area contributed by atoms with Gasteiger partial charge in [-0.1, -0.05) is 18.9 Å². The van der Waals surface area contributed by atoms with Gasteiger partial charge in [-0.25, -0.2) is 9.50 Å². The first-order chi connectivity index (χ1) is 15.2. The van der Waals surface area contributed by atoms with Crippen molar-refractivity contribution in [3.63, 3.8) is 0 Å². The molecule has 32 heavy (non-hydrogen) atoms. The number of nitrogens with one attached hydrogen (secondary N) is 2. The van der Waals surface area contributed by atoms with Gasteiger partial charge in [0.05, 0.1) is 24.0 Å². The minimum absolute atomic E-state index is 0.263. The molecule has 1 aromatic carbocycles. The van der Waals surface area contributed by atoms with Crippen molar-refractivity contribution in [2.24, 2.45) is 5.73 Å². The average molecular weight is 446 g/mol. The molecule has 1 fully saturated rings. The third kappa shape index (κ3) is 4.79. The lowest BCUT2D eigenvalue weighted by molar-refractivity contribution is -0.131. The Kier molecular flexibility index (Phi) is 5.94. The van der Waals surface area contributed by atoms with Gasteiger partial charge in [0.2, 0.25) is 5.91 Å². The van der Waals surface area contributed by atoms with E-state index in [0.717, 1.165) is 31.2 Å². The van der Waals surface area contributed by atoms with Crippen LogP contribution in [0, 0.1) is 6.92 Å². The van der Waals surface area contributed by atoms with E-state index in [1.54, 1.807) is 35.8 Å². The summed E-state index contributed by atoms with van der Waals surface area (Å²) in [6, 6.07) is 7.22. The van der Waals surface area contributed by atoms with Crippen molar-refractivity contribution in [2.75, 3.05) is 17.2 Å². The lowest BCUT2D eigenvalue weighted by Gasteiger charge is -2.16. The molecular formula is C22H25F3N6O. The number of nitrogens with zero attached hydrogens (tertiary/aromatic N) is 3. The standard InChI is InChI=1S/C22H25F3N6O/c1-13-10-14(6-7-16(13)20(26)32)18-12-28-21-17(27-9-8-22(23,24)25)11-19(30-31(18)21)29-15-4-2-3-5-15/h6-7,10-12,15,27H,2-5,8-9H2,1H3,(H2,26,32)(H,29,30). The molecule has 0 atom stereocenters. The van der Waals surface area contributed by atoms with Gasteiger partial charge in [-0.15, -0.1) is 5.10 Å². The van der Waals surface area contributed by atoms with Crippen molar-refractivity contribution >= 4 is 23.1 Å². The van der Waals surface area contributed by atoms with Gasteiger partial charge in [-0.2, -0.15) is 13.2 Å². The number of fused-ring (bicyclic) bond motifs is 1. The van der Waals surface area contributed by atoms with Gasteiger partial charge in [0.15, 0.2) is 5.65 Å². The summed E-state index contributed by atoms with van der Waals surface area (Å²) in [5.41, 5.74) is 8.87. The zero-order valence-electron chi connectivity index (χ0n) is 17.7. The molecule has 1 aliphatic rings. The molecule has 0 bridgehead atoms. The van der Waals surface area contributed by atoms with E-state index in [4.69, 9.17) is 5.73 Å². The van der Waals surface area contributed by atoms with Gasteiger partial charge in [-0.05, 0) is 37.5 Å². The third-order valence-electron chi connectivity index (χ3n) is 5.69. The molecule has 0 radical (unpaired) electrons. The maximum absolute atomic E-state index is 12.7. The number of hydrogen-bond acceptors (Lipinski definition) is 5. The van der Waals surface area contributed by atoms with Crippen molar-refractivity contribution in [2.45, 2.75) is 51.2 Å². The van der Waals surface area contributed by atoms with E-state index in [1.807, 2.05) is 6.07 Å². The van der Waals surface area contributed by atoms with Crippen molar-refractivity contribution in [1.29, 1.82) is 0 Å². The number of halogens is 3. The van der Waals surface area contributed by atoms with E-state index in [-0.39, 0.29) is 12.6 Å². The Morgan fingerprint density at radius 3 is 2.66 bits per heavy atom. The number of primary amides is 1. The Morgan fingerprint density at radius 2 is 2.00 bits per heavy atom. The SMILES string of the molecule is Cc1cc(-c2cnc3c(NCCC(F)(F)F)cc(NC4CCCC4)nn23)ccc1C(N)=O. The zero-order valence-corrected chi connectivity index (χ0v) is 17.7. The molecule has 1 amide bonds. The topological polar surface area (TPSA) is 97.3 Å². The summed E-state index contributed by atoms with van der Waals surface area (Å²) in [7, 11) is 0. The van der Waals surface area contributed by atoms with Crippen LogP contribution in [0.5, 0.6) is 0 Å². The van der Waals surface area contributed by atoms with Crippen molar-refractivity contribution in [3.8, 4) is 11.3 Å². The minimum atomic E-state index is -4.25. The molecule has 7 nitrogen and oxygen atoms in total. The molecule has 10 heteroatoms. The van der Waals surface area contributed by atoms with Crippen LogP contribution in [0.1, 0.15) is 48.0 Å². The quantitative estimate of drug-likeness (QED) is 0.496. The summed E-state index contributed by atoms with van der Waals surface area (Å²) in [4.78, 5) is 16.0. The van der Waals surface area contributed by atoms with Gasteiger partial charge in [0.25, 0.3) is 0 Å². The van der Waals surface area contributed by atoms with Gasteiger partial charge in [-0.3, -0.25) is 4.79 Å². The molecule has 2 aromatic heterocycles. The van der Waals surface area contributed by atoms with Gasteiger partial charge >= 0.3 is 6.18 Å². The van der Waals surface area contributed by atoms with Crippen LogP contribution < -0.4 is 16.4 Å². The number of carbonyl (C=O) groups excluding carboxylic acids is 1. The van der Waals surface area contributed by atoms with E-state index in [0.29, 0.717) is 34.0 Å². The number of hydrogen-bond donors (Lipinski definition) is 3. The number of nitrogens with two attached hydrogens (primary N) is 1. The molecule has 170 valence electrons. The molecule has 1 saturated carbocycles. The summed E-state index contributed by atoms with van der Waals surface area (Å²) >= 11 is 0. The fourth-order valence-electron chi connectivity index (χ4n) is 4.08. The number of carbonyl (C=O) groups is 1. The van der Waals surface area contributed by atoms with E-state index in [9.17, 15) is 18.0 Å². The highest BCUT2D eigenvalue weighted by atomic mass is 19.4. The molecule has 4 N–H and O–H groups in total. The number of anilines is 2. The summed E-state index contributed by atoms with van der Waals surface area (Å²) in [5, 5.41) is 10.9. The van der Waals surface area contributed by atoms with E-state index < -0.39 is 18.5 Å². The van der Waals surface area contributed by atoms with Crippen LogP contribution in [0.3, 0.4) is 0 Å². The zero-order chi connectivity index (χ0) is 22.9. The second-order valence-electron chi connectivity index (χ2n) is 8.13. The maximum atomic E-state index is 12.7. The van der Waals surface area contributed by atoms with Gasteiger partial charge in [0, 0.05) is 29.8 Å². The highest BCUT2D eigenvalue weighted by Crippen LogP contribution is 2.29. The summed E-state index contributed by atoms with van der Waals surface area (Å²) in [6.45, 7) is 1.53. The molecule has 0 unspecified atom stereocenters. The molecule has 4 rings (SSSR count). The summed E-state index contributed by atoms with van der Waals surface area (Å²) in [6.07, 6.45) is 0.754. The van der Waals surface area contributed by atoms with Crippen molar-refractivity contribution < 1.29 is 18.0 Å². The van der Waals surface area contributed by atoms with Gasteiger partial charge < -0.3 is 16.4 Å². The highest BCUT2D eigenvalue weighted by molar-refractivity contribution is 5.95. The first-order valence-corrected chi connectivity index (χ1v) is 10.6. The lowest BCUT2D eigenvalue weighted by atomic mass is 10.0. The normalized spacial score (nSPS) is 14.8. The fraction of sp³-hybridized carbons (Fsp3) is 0.409. The average Bonchev–Trinajstić information content (AvgIpc) is 3.36. The van der Waals surface area contributed by atoms with Crippen LogP contribution >= 0.6 is 0 Å². The Hall–Kier alpha value is -3.30. The molecule has 0 saturated heterocycles. The minimum Gasteiger partial charge on any atom is -0.382 e. The highest BCUT2D eigenvalue weighted by Gasteiger charge is 2.26. The molecule has 0 spiro atoms. The predicted molar refractivity (Wildman–Crippen MR) is 117 cm³/mol. The van der Waals surface area contributed by atoms with Crippen LogP contribution in [0.2, 0.25) is 0 Å².